The van der Waals surface area contributed by atoms with E-state index in [0.29, 0.717) is 12.8 Å². The monoisotopic (exact) mass is 377 g/mol. The van der Waals surface area contributed by atoms with Gasteiger partial charge in [-0.15, -0.1) is 6.42 Å². The molecule has 2 aromatic heterocycles. The molecular formula is C17H20FN5O4. The average molecular weight is 377 g/mol. The number of hydrogen-bond donors (Lipinski definition) is 2. The van der Waals surface area contributed by atoms with E-state index in [9.17, 15) is 14.3 Å². The second-order valence-corrected chi connectivity index (χ2v) is 7.20. The number of aliphatic hydroxyl groups is 1. The van der Waals surface area contributed by atoms with E-state index >= 15 is 0 Å². The third kappa shape index (κ3) is 3.84. The fourth-order valence-corrected chi connectivity index (χ4v) is 2.79. The van der Waals surface area contributed by atoms with Crippen LogP contribution in [0.15, 0.2) is 6.33 Å². The number of aromatic nitrogens is 4. The molecule has 2 N–H and O–H groups in total. The van der Waals surface area contributed by atoms with Gasteiger partial charge in [0.2, 0.25) is 0 Å². The van der Waals surface area contributed by atoms with Gasteiger partial charge in [0.05, 0.1) is 12.9 Å². The normalized spacial score (nSPS) is 22.6. The number of fused-ring (bicyclic) bond motifs is 1. The molecule has 0 spiro atoms. The summed E-state index contributed by atoms with van der Waals surface area (Å²) in [4.78, 5) is 23.5. The van der Waals surface area contributed by atoms with Crippen LogP contribution >= 0.6 is 0 Å². The molecule has 144 valence electrons. The first-order valence-electron chi connectivity index (χ1n) is 8.33. The standard InChI is InChI=1S/C17H20FN5O4/c1-5-17(8-24)7-6-10(26-17)23-9-19-11-12(20-14(18)22-13(11)23)21-15(25)27-16(2,3)4/h1,9-10,24H,6-8H2,2-4H3,(H,20,21,22,25)/t10-,17+/m1/s1. The first kappa shape index (κ1) is 19.0. The summed E-state index contributed by atoms with van der Waals surface area (Å²) < 4.78 is 26.4. The molecule has 2 aromatic rings. The molecular weight excluding hydrogens is 357 g/mol. The van der Waals surface area contributed by atoms with Gasteiger partial charge < -0.3 is 14.6 Å². The van der Waals surface area contributed by atoms with Gasteiger partial charge in [0.25, 0.3) is 0 Å². The Bertz CT molecular complexity index is 916. The van der Waals surface area contributed by atoms with Gasteiger partial charge in [-0.25, -0.2) is 9.78 Å². The topological polar surface area (TPSA) is 111 Å². The zero-order chi connectivity index (χ0) is 19.8. The predicted octanol–water partition coefficient (Wildman–Crippen LogP) is 1.99. The Kier molecular flexibility index (Phi) is 4.75. The van der Waals surface area contributed by atoms with Gasteiger partial charge in [-0.1, -0.05) is 5.92 Å². The molecule has 0 radical (unpaired) electrons. The number of terminal acetylenes is 1. The summed E-state index contributed by atoms with van der Waals surface area (Å²) in [6, 6.07) is 0. The molecule has 0 aliphatic carbocycles. The van der Waals surface area contributed by atoms with Crippen LogP contribution < -0.4 is 5.32 Å². The fraction of sp³-hybridized carbons (Fsp3) is 0.529. The number of halogens is 1. The van der Waals surface area contributed by atoms with Crippen molar-refractivity contribution in [1.29, 1.82) is 0 Å². The van der Waals surface area contributed by atoms with E-state index in [-0.39, 0.29) is 23.6 Å². The van der Waals surface area contributed by atoms with Gasteiger partial charge >= 0.3 is 12.2 Å². The lowest BCUT2D eigenvalue weighted by Gasteiger charge is -2.21. The molecule has 1 aliphatic heterocycles. The quantitative estimate of drug-likeness (QED) is 0.621. The highest BCUT2D eigenvalue weighted by Crippen LogP contribution is 2.37. The van der Waals surface area contributed by atoms with Crippen molar-refractivity contribution in [3.05, 3.63) is 12.4 Å². The van der Waals surface area contributed by atoms with Crippen LogP contribution in [-0.2, 0) is 9.47 Å². The summed E-state index contributed by atoms with van der Waals surface area (Å²) in [5.74, 6) is 2.33. The fourth-order valence-electron chi connectivity index (χ4n) is 2.79. The van der Waals surface area contributed by atoms with Crippen molar-refractivity contribution < 1.29 is 23.8 Å². The summed E-state index contributed by atoms with van der Waals surface area (Å²) in [6.45, 7) is 4.77. The van der Waals surface area contributed by atoms with Crippen LogP contribution in [0.2, 0.25) is 0 Å². The van der Waals surface area contributed by atoms with Gasteiger partial charge in [0.1, 0.15) is 11.8 Å². The number of carbonyl (C=O) groups is 1. The molecule has 0 aromatic carbocycles. The van der Waals surface area contributed by atoms with Crippen molar-refractivity contribution in [1.82, 2.24) is 19.5 Å². The van der Waals surface area contributed by atoms with Gasteiger partial charge in [0.15, 0.2) is 22.6 Å². The molecule has 1 fully saturated rings. The van der Waals surface area contributed by atoms with Crippen molar-refractivity contribution in [2.45, 2.75) is 51.0 Å². The van der Waals surface area contributed by atoms with Crippen molar-refractivity contribution in [2.24, 2.45) is 0 Å². The molecule has 3 rings (SSSR count). The van der Waals surface area contributed by atoms with Crippen molar-refractivity contribution in [3.8, 4) is 12.3 Å². The summed E-state index contributed by atoms with van der Waals surface area (Å²) in [7, 11) is 0. The van der Waals surface area contributed by atoms with Crippen LogP contribution in [0, 0.1) is 18.4 Å². The maximum Gasteiger partial charge on any atom is 0.413 e. The number of rotatable bonds is 3. The van der Waals surface area contributed by atoms with E-state index in [1.165, 1.54) is 10.9 Å². The zero-order valence-electron chi connectivity index (χ0n) is 15.2. The average Bonchev–Trinajstić information content (AvgIpc) is 3.17. The number of nitrogens with one attached hydrogen (secondary N) is 1. The predicted molar refractivity (Wildman–Crippen MR) is 93.1 cm³/mol. The summed E-state index contributed by atoms with van der Waals surface area (Å²) in [5.41, 5.74) is -1.52. The molecule has 3 heterocycles. The van der Waals surface area contributed by atoms with Crippen LogP contribution in [-0.4, -0.2) is 48.5 Å². The Balaban J connectivity index is 1.92. The Hall–Kier alpha value is -2.77. The van der Waals surface area contributed by atoms with Gasteiger partial charge in [-0.05, 0) is 33.6 Å². The highest BCUT2D eigenvalue weighted by Gasteiger charge is 2.40. The molecule has 1 amide bonds. The van der Waals surface area contributed by atoms with E-state index in [1.54, 1.807) is 20.8 Å². The number of nitrogens with zero attached hydrogens (tertiary/aromatic N) is 4. The first-order chi connectivity index (χ1) is 12.7. The third-order valence-corrected chi connectivity index (χ3v) is 4.00. The number of amides is 1. The lowest BCUT2D eigenvalue weighted by atomic mass is 10.0. The zero-order valence-corrected chi connectivity index (χ0v) is 15.2. The molecule has 10 heteroatoms. The summed E-state index contributed by atoms with van der Waals surface area (Å²) >= 11 is 0. The molecule has 0 bridgehead atoms. The minimum Gasteiger partial charge on any atom is -0.444 e. The maximum absolute atomic E-state index is 13.9. The Morgan fingerprint density at radius 2 is 2.33 bits per heavy atom. The molecule has 1 saturated heterocycles. The van der Waals surface area contributed by atoms with Crippen LogP contribution in [0.25, 0.3) is 11.2 Å². The van der Waals surface area contributed by atoms with E-state index in [4.69, 9.17) is 15.9 Å². The molecule has 9 nitrogen and oxygen atoms in total. The van der Waals surface area contributed by atoms with E-state index in [2.05, 4.69) is 26.2 Å². The number of carbonyl (C=O) groups excluding carboxylic acids is 1. The Morgan fingerprint density at radius 3 is 2.93 bits per heavy atom. The smallest absolute Gasteiger partial charge is 0.413 e. The molecule has 27 heavy (non-hydrogen) atoms. The maximum atomic E-state index is 13.9. The first-order valence-corrected chi connectivity index (χ1v) is 8.33. The third-order valence-electron chi connectivity index (χ3n) is 4.00. The molecule has 0 saturated carbocycles. The van der Waals surface area contributed by atoms with Crippen LogP contribution in [0.1, 0.15) is 39.8 Å². The molecule has 2 atom stereocenters. The highest BCUT2D eigenvalue weighted by molar-refractivity contribution is 5.93. The lowest BCUT2D eigenvalue weighted by molar-refractivity contribution is -0.0618. The number of imidazole rings is 1. The van der Waals surface area contributed by atoms with E-state index in [1.807, 2.05) is 0 Å². The number of hydrogen-bond acceptors (Lipinski definition) is 7. The second-order valence-electron chi connectivity index (χ2n) is 7.20. The number of aliphatic hydroxyl groups excluding tert-OH is 1. The summed E-state index contributed by atoms with van der Waals surface area (Å²) in [5, 5.41) is 11.9. The number of anilines is 1. The van der Waals surface area contributed by atoms with Crippen LogP contribution in [0.4, 0.5) is 15.0 Å². The van der Waals surface area contributed by atoms with Gasteiger partial charge in [-0.3, -0.25) is 9.88 Å². The number of ether oxygens (including phenoxy) is 2. The SMILES string of the molecule is C#C[C@@]1(CO)CC[C@H](n2cnc3c(NC(=O)OC(C)(C)C)nc(F)nc32)O1. The minimum atomic E-state index is -1.09. The van der Waals surface area contributed by atoms with E-state index in [0.717, 1.165) is 0 Å². The van der Waals surface area contributed by atoms with Crippen molar-refractivity contribution in [3.63, 3.8) is 0 Å². The molecule has 1 aliphatic rings. The largest absolute Gasteiger partial charge is 0.444 e. The summed E-state index contributed by atoms with van der Waals surface area (Å²) in [6.07, 6.45) is 5.35. The second kappa shape index (κ2) is 6.75. The van der Waals surface area contributed by atoms with Gasteiger partial charge in [-0.2, -0.15) is 14.4 Å². The highest BCUT2D eigenvalue weighted by atomic mass is 19.1. The Labute approximate surface area is 154 Å². The van der Waals surface area contributed by atoms with Crippen LogP contribution in [0.5, 0.6) is 0 Å². The van der Waals surface area contributed by atoms with Gasteiger partial charge in [0, 0.05) is 0 Å². The Morgan fingerprint density at radius 1 is 1.59 bits per heavy atom. The van der Waals surface area contributed by atoms with Crippen molar-refractivity contribution in [2.75, 3.05) is 11.9 Å². The van der Waals surface area contributed by atoms with Crippen molar-refractivity contribution >= 4 is 23.1 Å². The lowest BCUT2D eigenvalue weighted by Crippen LogP contribution is -2.31. The molecule has 0 unspecified atom stereocenters. The van der Waals surface area contributed by atoms with Crippen LogP contribution in [0.3, 0.4) is 0 Å². The minimum absolute atomic E-state index is 0.117. The van der Waals surface area contributed by atoms with E-state index < -0.39 is 29.6 Å².